The molecule has 34 heavy (non-hydrogen) atoms. The highest BCUT2D eigenvalue weighted by Gasteiger charge is 2.51. The van der Waals surface area contributed by atoms with E-state index in [9.17, 15) is 26.4 Å². The van der Waals surface area contributed by atoms with E-state index < -0.39 is 27.6 Å². The molecular weight excluding hydrogens is 477 g/mol. The van der Waals surface area contributed by atoms with Crippen molar-refractivity contribution in [3.05, 3.63) is 54.1 Å². The van der Waals surface area contributed by atoms with Crippen LogP contribution in [0.4, 0.5) is 18.9 Å². The zero-order valence-electron chi connectivity index (χ0n) is 18.5. The van der Waals surface area contributed by atoms with Crippen molar-refractivity contribution in [1.82, 2.24) is 5.32 Å². The summed E-state index contributed by atoms with van der Waals surface area (Å²) in [7, 11) is -2.23. The summed E-state index contributed by atoms with van der Waals surface area (Å²) in [6, 6.07) is 13.3. The van der Waals surface area contributed by atoms with Crippen LogP contribution >= 0.6 is 0 Å². The Morgan fingerprint density at radius 1 is 1.12 bits per heavy atom. The Bertz CT molecular complexity index is 1110. The molecule has 2 aromatic rings. The number of ether oxygens (including phenoxy) is 1. The minimum Gasteiger partial charge on any atom is -0.497 e. The minimum atomic E-state index is -5.08. The molecule has 12 heteroatoms. The molecule has 1 aliphatic carbocycles. The number of aliphatic carboxylic acids is 1. The molecule has 1 amide bonds. The molecule has 0 aromatic heterocycles. The van der Waals surface area contributed by atoms with Gasteiger partial charge in [-0.15, -0.1) is 0 Å². The average Bonchev–Trinajstić information content (AvgIpc) is 3.59. The van der Waals surface area contributed by atoms with E-state index in [1.54, 1.807) is 24.3 Å². The highest BCUT2D eigenvalue weighted by Crippen LogP contribution is 2.48. The summed E-state index contributed by atoms with van der Waals surface area (Å²) in [4.78, 5) is 21.4. The second-order valence-corrected chi connectivity index (χ2v) is 9.19. The van der Waals surface area contributed by atoms with E-state index in [4.69, 9.17) is 14.6 Å². The number of carbonyl (C=O) groups is 2. The quantitative estimate of drug-likeness (QED) is 0.506. The molecule has 3 N–H and O–H groups in total. The number of carboxylic acid groups (broad SMARTS) is 1. The molecule has 186 valence electrons. The van der Waals surface area contributed by atoms with E-state index in [2.05, 4.69) is 10.0 Å². The zero-order valence-corrected chi connectivity index (χ0v) is 19.3. The van der Waals surface area contributed by atoms with Gasteiger partial charge >= 0.3 is 12.1 Å². The highest BCUT2D eigenvalue weighted by atomic mass is 32.2. The maximum absolute atomic E-state index is 12.6. The number of amides is 1. The van der Waals surface area contributed by atoms with E-state index in [-0.39, 0.29) is 10.8 Å². The average molecular weight is 503 g/mol. The Labute approximate surface area is 195 Å². The Morgan fingerprint density at radius 2 is 1.71 bits per heavy atom. The third-order valence-electron chi connectivity index (χ3n) is 5.00. The predicted octanol–water partition coefficient (Wildman–Crippen LogP) is 3.69. The molecule has 3 rings (SSSR count). The van der Waals surface area contributed by atoms with Gasteiger partial charge in [0.15, 0.2) is 0 Å². The van der Waals surface area contributed by atoms with Crippen molar-refractivity contribution in [2.45, 2.75) is 42.7 Å². The number of rotatable bonds is 8. The normalized spacial score (nSPS) is 14.3. The van der Waals surface area contributed by atoms with E-state index in [1.165, 1.54) is 19.2 Å². The van der Waals surface area contributed by atoms with Gasteiger partial charge in [0.05, 0.1) is 17.4 Å². The highest BCUT2D eigenvalue weighted by molar-refractivity contribution is 7.92. The van der Waals surface area contributed by atoms with Crippen LogP contribution in [0, 0.1) is 0 Å². The smallest absolute Gasteiger partial charge is 0.490 e. The largest absolute Gasteiger partial charge is 0.497 e. The Hall–Kier alpha value is -3.28. The van der Waals surface area contributed by atoms with Crippen molar-refractivity contribution in [2.75, 3.05) is 18.4 Å². The number of carbonyl (C=O) groups excluding carboxylic acids is 1. The van der Waals surface area contributed by atoms with Crippen LogP contribution in [0.15, 0.2) is 53.4 Å². The fraction of sp³-hybridized carbons (Fsp3) is 0.364. The monoisotopic (exact) mass is 502 g/mol. The van der Waals surface area contributed by atoms with E-state index in [1.807, 2.05) is 19.1 Å². The number of carboxylic acids is 1. The van der Waals surface area contributed by atoms with Gasteiger partial charge in [-0.05, 0) is 49.1 Å². The minimum absolute atomic E-state index is 0.0501. The van der Waals surface area contributed by atoms with Crippen molar-refractivity contribution in [3.8, 4) is 5.75 Å². The van der Waals surface area contributed by atoms with Crippen molar-refractivity contribution in [1.29, 1.82) is 0 Å². The lowest BCUT2D eigenvalue weighted by Gasteiger charge is -2.16. The van der Waals surface area contributed by atoms with Crippen LogP contribution in [0.3, 0.4) is 0 Å². The van der Waals surface area contributed by atoms with Gasteiger partial charge in [0.25, 0.3) is 10.0 Å². The molecule has 0 atom stereocenters. The number of nitrogens with one attached hydrogen (secondary N) is 2. The first-order valence-corrected chi connectivity index (χ1v) is 11.7. The van der Waals surface area contributed by atoms with E-state index >= 15 is 0 Å². The lowest BCUT2D eigenvalue weighted by atomic mass is 9.95. The summed E-state index contributed by atoms with van der Waals surface area (Å²) >= 11 is 0. The molecular formula is C22H25F3N2O6S. The molecule has 8 nitrogen and oxygen atoms in total. The third kappa shape index (κ3) is 6.86. The molecule has 0 aliphatic heterocycles. The lowest BCUT2D eigenvalue weighted by molar-refractivity contribution is -0.192. The molecule has 0 unspecified atom stereocenters. The summed E-state index contributed by atoms with van der Waals surface area (Å²) in [6.07, 6.45) is -2.55. The Balaban J connectivity index is 0.000000509. The maximum Gasteiger partial charge on any atom is 0.490 e. The number of halogens is 3. The zero-order chi connectivity index (χ0) is 25.6. The van der Waals surface area contributed by atoms with Gasteiger partial charge in [-0.1, -0.05) is 25.1 Å². The van der Waals surface area contributed by atoms with Crippen molar-refractivity contribution >= 4 is 27.6 Å². The van der Waals surface area contributed by atoms with Crippen LogP contribution in [-0.4, -0.2) is 45.2 Å². The van der Waals surface area contributed by atoms with E-state index in [0.717, 1.165) is 24.8 Å². The summed E-state index contributed by atoms with van der Waals surface area (Å²) in [5, 5.41) is 10.1. The van der Waals surface area contributed by atoms with Crippen molar-refractivity contribution in [3.63, 3.8) is 0 Å². The van der Waals surface area contributed by atoms with Gasteiger partial charge in [0.1, 0.15) is 5.75 Å². The summed E-state index contributed by atoms with van der Waals surface area (Å²) in [5.74, 6) is -2.23. The molecule has 2 aromatic carbocycles. The van der Waals surface area contributed by atoms with Crippen LogP contribution < -0.4 is 14.8 Å². The third-order valence-corrected chi connectivity index (χ3v) is 6.38. The topological polar surface area (TPSA) is 122 Å². The van der Waals surface area contributed by atoms with Crippen LogP contribution in [0.5, 0.6) is 5.75 Å². The number of sulfonamides is 1. The standard InChI is InChI=1S/C20H24N2O4S.C2HF3O2/c1-3-13-21-19(23)20(11-12-20)15-7-9-16(10-8-15)22-27(24,25)18-6-4-5-17(14-18)26-2;3-2(4,5)1(6)7/h4-10,14,22H,3,11-13H2,1-2H3,(H,21,23);(H,6,7). The molecule has 0 bridgehead atoms. The van der Waals surface area contributed by atoms with Gasteiger partial charge in [-0.25, -0.2) is 13.2 Å². The Kier molecular flexibility index (Phi) is 8.54. The summed E-state index contributed by atoms with van der Waals surface area (Å²) < 4.78 is 64.5. The van der Waals surface area contributed by atoms with Gasteiger partial charge < -0.3 is 15.2 Å². The molecule has 1 aliphatic rings. The van der Waals surface area contributed by atoms with Gasteiger partial charge in [0, 0.05) is 18.3 Å². The number of alkyl halides is 3. The maximum atomic E-state index is 12.6. The molecule has 0 saturated heterocycles. The second-order valence-electron chi connectivity index (χ2n) is 7.50. The predicted molar refractivity (Wildman–Crippen MR) is 118 cm³/mol. The van der Waals surface area contributed by atoms with Crippen LogP contribution in [-0.2, 0) is 25.0 Å². The first-order valence-electron chi connectivity index (χ1n) is 10.2. The Morgan fingerprint density at radius 3 is 2.18 bits per heavy atom. The molecule has 0 spiro atoms. The fourth-order valence-electron chi connectivity index (χ4n) is 3.02. The molecule has 1 saturated carbocycles. The van der Waals surface area contributed by atoms with Crippen molar-refractivity contribution in [2.24, 2.45) is 0 Å². The van der Waals surface area contributed by atoms with Gasteiger partial charge in [-0.2, -0.15) is 13.2 Å². The number of benzene rings is 2. The first-order chi connectivity index (χ1) is 15.9. The number of hydrogen-bond donors (Lipinski definition) is 3. The second kappa shape index (κ2) is 10.8. The van der Waals surface area contributed by atoms with Gasteiger partial charge in [0.2, 0.25) is 5.91 Å². The van der Waals surface area contributed by atoms with Crippen LogP contribution in [0.1, 0.15) is 31.7 Å². The molecule has 1 fully saturated rings. The van der Waals surface area contributed by atoms with Crippen LogP contribution in [0.2, 0.25) is 0 Å². The fourth-order valence-corrected chi connectivity index (χ4v) is 4.11. The summed E-state index contributed by atoms with van der Waals surface area (Å²) in [6.45, 7) is 2.68. The number of methoxy groups -OCH3 is 1. The molecule has 0 heterocycles. The van der Waals surface area contributed by atoms with E-state index in [0.29, 0.717) is 18.0 Å². The lowest BCUT2D eigenvalue weighted by Crippen LogP contribution is -2.35. The number of anilines is 1. The van der Waals surface area contributed by atoms with Crippen molar-refractivity contribution < 1.29 is 41.0 Å². The summed E-state index contributed by atoms with van der Waals surface area (Å²) in [5.41, 5.74) is 0.908. The molecule has 0 radical (unpaired) electrons. The number of hydrogen-bond acceptors (Lipinski definition) is 5. The van der Waals surface area contributed by atoms with Crippen LogP contribution in [0.25, 0.3) is 0 Å². The first kappa shape index (κ1) is 27.0. The van der Waals surface area contributed by atoms with Gasteiger partial charge in [-0.3, -0.25) is 9.52 Å². The SMILES string of the molecule is CCCNC(=O)C1(c2ccc(NS(=O)(=O)c3cccc(OC)c3)cc2)CC1.O=C(O)C(F)(F)F.